The standard InChI is InChI=1S/C9H12O3/c1-3-7(9(10)11)8-5-4-6(2)12-8/h4-5,7H,3H2,1-2H3,(H,10,11). The van der Waals surface area contributed by atoms with Gasteiger partial charge in [-0.05, 0) is 25.5 Å². The molecular weight excluding hydrogens is 156 g/mol. The number of aryl methyl sites for hydroxylation is 1. The van der Waals surface area contributed by atoms with Crippen molar-refractivity contribution < 1.29 is 14.3 Å². The number of hydrogen-bond acceptors (Lipinski definition) is 2. The summed E-state index contributed by atoms with van der Waals surface area (Å²) in [6.07, 6.45) is 0.558. The van der Waals surface area contributed by atoms with E-state index in [1.807, 2.05) is 6.92 Å². The highest BCUT2D eigenvalue weighted by Crippen LogP contribution is 2.21. The topological polar surface area (TPSA) is 50.4 Å². The minimum absolute atomic E-state index is 0.501. The predicted molar refractivity (Wildman–Crippen MR) is 44.1 cm³/mol. The van der Waals surface area contributed by atoms with Crippen LogP contribution in [-0.2, 0) is 4.79 Å². The molecule has 0 amide bonds. The van der Waals surface area contributed by atoms with Crippen LogP contribution in [0, 0.1) is 6.92 Å². The van der Waals surface area contributed by atoms with Crippen LogP contribution in [0.4, 0.5) is 0 Å². The average molecular weight is 168 g/mol. The largest absolute Gasteiger partial charge is 0.481 e. The van der Waals surface area contributed by atoms with Gasteiger partial charge in [0.25, 0.3) is 0 Å². The number of carboxylic acids is 1. The summed E-state index contributed by atoms with van der Waals surface area (Å²) in [7, 11) is 0. The maximum absolute atomic E-state index is 10.7. The van der Waals surface area contributed by atoms with E-state index in [0.29, 0.717) is 12.2 Å². The molecule has 0 saturated heterocycles. The number of furan rings is 1. The molecule has 66 valence electrons. The van der Waals surface area contributed by atoms with E-state index in [0.717, 1.165) is 5.76 Å². The first-order chi connectivity index (χ1) is 5.65. The van der Waals surface area contributed by atoms with Crippen LogP contribution >= 0.6 is 0 Å². The van der Waals surface area contributed by atoms with Gasteiger partial charge in [0.1, 0.15) is 17.4 Å². The van der Waals surface area contributed by atoms with Gasteiger partial charge in [0, 0.05) is 0 Å². The third-order valence-corrected chi connectivity index (χ3v) is 1.81. The highest BCUT2D eigenvalue weighted by molar-refractivity contribution is 5.75. The van der Waals surface area contributed by atoms with Crippen molar-refractivity contribution in [3.05, 3.63) is 23.7 Å². The van der Waals surface area contributed by atoms with Crippen molar-refractivity contribution in [3.63, 3.8) is 0 Å². The lowest BCUT2D eigenvalue weighted by Gasteiger charge is -2.04. The van der Waals surface area contributed by atoms with Gasteiger partial charge >= 0.3 is 5.97 Å². The summed E-state index contributed by atoms with van der Waals surface area (Å²) in [5.74, 6) is -0.0299. The first-order valence-corrected chi connectivity index (χ1v) is 3.94. The van der Waals surface area contributed by atoms with Crippen LogP contribution in [0.5, 0.6) is 0 Å². The fraction of sp³-hybridized carbons (Fsp3) is 0.444. The molecule has 0 bridgehead atoms. The van der Waals surface area contributed by atoms with Gasteiger partial charge in [0.2, 0.25) is 0 Å². The Labute approximate surface area is 71.0 Å². The van der Waals surface area contributed by atoms with Crippen LogP contribution < -0.4 is 0 Å². The quantitative estimate of drug-likeness (QED) is 0.752. The summed E-state index contributed by atoms with van der Waals surface area (Å²) < 4.78 is 5.22. The van der Waals surface area contributed by atoms with E-state index in [2.05, 4.69) is 0 Å². The lowest BCUT2D eigenvalue weighted by Crippen LogP contribution is -2.09. The van der Waals surface area contributed by atoms with Gasteiger partial charge in [-0.25, -0.2) is 0 Å². The van der Waals surface area contributed by atoms with Crippen molar-refractivity contribution in [1.29, 1.82) is 0 Å². The van der Waals surface area contributed by atoms with E-state index in [1.165, 1.54) is 0 Å². The highest BCUT2D eigenvalue weighted by atomic mass is 16.4. The first kappa shape index (κ1) is 8.84. The number of aliphatic carboxylic acids is 1. The summed E-state index contributed by atoms with van der Waals surface area (Å²) in [4.78, 5) is 10.7. The molecule has 0 spiro atoms. The molecule has 0 aliphatic rings. The molecule has 1 aromatic rings. The minimum atomic E-state index is -0.827. The molecule has 12 heavy (non-hydrogen) atoms. The second-order valence-corrected chi connectivity index (χ2v) is 2.75. The number of carbonyl (C=O) groups is 1. The maximum Gasteiger partial charge on any atom is 0.314 e. The van der Waals surface area contributed by atoms with Crippen LogP contribution in [0.25, 0.3) is 0 Å². The average Bonchev–Trinajstić information content (AvgIpc) is 2.37. The monoisotopic (exact) mass is 168 g/mol. The van der Waals surface area contributed by atoms with Gasteiger partial charge in [-0.3, -0.25) is 4.79 Å². The lowest BCUT2D eigenvalue weighted by atomic mass is 10.0. The van der Waals surface area contributed by atoms with Gasteiger partial charge < -0.3 is 9.52 Å². The van der Waals surface area contributed by atoms with Crippen molar-refractivity contribution in [3.8, 4) is 0 Å². The van der Waals surface area contributed by atoms with Crippen molar-refractivity contribution in [1.82, 2.24) is 0 Å². The summed E-state index contributed by atoms with van der Waals surface area (Å²) in [6.45, 7) is 3.63. The van der Waals surface area contributed by atoms with Gasteiger partial charge in [0.15, 0.2) is 0 Å². The van der Waals surface area contributed by atoms with Crippen molar-refractivity contribution in [2.45, 2.75) is 26.2 Å². The molecule has 1 atom stereocenters. The second-order valence-electron chi connectivity index (χ2n) is 2.75. The van der Waals surface area contributed by atoms with Crippen LogP contribution in [0.1, 0.15) is 30.8 Å². The summed E-state index contributed by atoms with van der Waals surface area (Å²) in [5.41, 5.74) is 0. The molecule has 0 aliphatic carbocycles. The summed E-state index contributed by atoms with van der Waals surface area (Å²) in [6, 6.07) is 3.50. The van der Waals surface area contributed by atoms with Crippen LogP contribution in [0.3, 0.4) is 0 Å². The Hall–Kier alpha value is -1.25. The predicted octanol–water partition coefficient (Wildman–Crippen LogP) is 2.17. The van der Waals surface area contributed by atoms with E-state index < -0.39 is 11.9 Å². The van der Waals surface area contributed by atoms with Gasteiger partial charge in [-0.2, -0.15) is 0 Å². The first-order valence-electron chi connectivity index (χ1n) is 3.94. The zero-order valence-electron chi connectivity index (χ0n) is 7.20. The maximum atomic E-state index is 10.7. The van der Waals surface area contributed by atoms with Gasteiger partial charge in [-0.15, -0.1) is 0 Å². The molecule has 0 aliphatic heterocycles. The second kappa shape index (κ2) is 3.43. The fourth-order valence-electron chi connectivity index (χ4n) is 1.14. The molecule has 0 aromatic carbocycles. The number of rotatable bonds is 3. The zero-order chi connectivity index (χ0) is 9.14. The Morgan fingerprint density at radius 2 is 2.33 bits per heavy atom. The Balaban J connectivity index is 2.87. The van der Waals surface area contributed by atoms with E-state index in [9.17, 15) is 4.79 Å². The van der Waals surface area contributed by atoms with E-state index >= 15 is 0 Å². The molecular formula is C9H12O3. The van der Waals surface area contributed by atoms with Crippen molar-refractivity contribution in [2.75, 3.05) is 0 Å². The number of hydrogen-bond donors (Lipinski definition) is 1. The van der Waals surface area contributed by atoms with Crippen molar-refractivity contribution >= 4 is 5.97 Å². The normalized spacial score (nSPS) is 12.8. The molecule has 1 aromatic heterocycles. The van der Waals surface area contributed by atoms with E-state index in [4.69, 9.17) is 9.52 Å². The van der Waals surface area contributed by atoms with Crippen molar-refractivity contribution in [2.24, 2.45) is 0 Å². The Bertz CT molecular complexity index is 275. The SMILES string of the molecule is CCC(C(=O)O)c1ccc(C)o1. The van der Waals surface area contributed by atoms with Crippen LogP contribution in [0.2, 0.25) is 0 Å². The van der Waals surface area contributed by atoms with Crippen LogP contribution in [-0.4, -0.2) is 11.1 Å². The third-order valence-electron chi connectivity index (χ3n) is 1.81. The Morgan fingerprint density at radius 1 is 1.67 bits per heavy atom. The number of carboxylic acid groups (broad SMARTS) is 1. The van der Waals surface area contributed by atoms with E-state index in [1.54, 1.807) is 19.1 Å². The molecule has 1 rings (SSSR count). The minimum Gasteiger partial charge on any atom is -0.481 e. The summed E-state index contributed by atoms with van der Waals surface area (Å²) >= 11 is 0. The van der Waals surface area contributed by atoms with Crippen LogP contribution in [0.15, 0.2) is 16.5 Å². The molecule has 1 heterocycles. The van der Waals surface area contributed by atoms with Gasteiger partial charge in [0.05, 0.1) is 0 Å². The lowest BCUT2D eigenvalue weighted by molar-refractivity contribution is -0.139. The zero-order valence-corrected chi connectivity index (χ0v) is 7.20. The molecule has 3 heteroatoms. The van der Waals surface area contributed by atoms with Gasteiger partial charge in [-0.1, -0.05) is 6.92 Å². The molecule has 1 unspecified atom stereocenters. The molecule has 0 radical (unpaired) electrons. The molecule has 0 fully saturated rings. The molecule has 1 N–H and O–H groups in total. The fourth-order valence-corrected chi connectivity index (χ4v) is 1.14. The highest BCUT2D eigenvalue weighted by Gasteiger charge is 2.20. The van der Waals surface area contributed by atoms with E-state index in [-0.39, 0.29) is 0 Å². The molecule has 0 saturated carbocycles. The smallest absolute Gasteiger partial charge is 0.314 e. The third kappa shape index (κ3) is 1.67. The summed E-state index contributed by atoms with van der Waals surface area (Å²) in [5, 5.41) is 8.78. The molecule has 3 nitrogen and oxygen atoms in total. The Morgan fingerprint density at radius 3 is 2.67 bits per heavy atom. The Kier molecular flexibility index (Phi) is 2.53.